The highest BCUT2D eigenvalue weighted by molar-refractivity contribution is 5.56. The lowest BCUT2D eigenvalue weighted by Crippen LogP contribution is -2.69. The monoisotopic (exact) mass is 495 g/mol. The lowest BCUT2D eigenvalue weighted by molar-refractivity contribution is -0.0854. The molecule has 35 heavy (non-hydrogen) atoms. The average molecular weight is 496 g/mol. The van der Waals surface area contributed by atoms with Crippen LogP contribution >= 0.6 is 0 Å². The highest BCUT2D eigenvalue weighted by Gasteiger charge is 2.55. The van der Waals surface area contributed by atoms with E-state index in [2.05, 4.69) is 52.1 Å². The van der Waals surface area contributed by atoms with E-state index < -0.39 is 18.9 Å². The quantitative estimate of drug-likeness (QED) is 0.307. The summed E-state index contributed by atoms with van der Waals surface area (Å²) in [6.45, 7) is 25.4. The van der Waals surface area contributed by atoms with Gasteiger partial charge < -0.3 is 33.7 Å². The molecule has 1 fully saturated rings. The summed E-state index contributed by atoms with van der Waals surface area (Å²) in [6.07, 6.45) is -0.456. The fourth-order valence-electron chi connectivity index (χ4n) is 4.79. The second kappa shape index (κ2) is 12.1. The van der Waals surface area contributed by atoms with Gasteiger partial charge in [0.1, 0.15) is 0 Å². The Morgan fingerprint density at radius 1 is 0.800 bits per heavy atom. The number of hydrogen-bond acceptors (Lipinski definition) is 7. The van der Waals surface area contributed by atoms with Crippen LogP contribution in [0.4, 0.5) is 0 Å². The molecular formula is C28H49NO6. The highest BCUT2D eigenvalue weighted by atomic mass is 16.7. The Bertz CT molecular complexity index is 770. The molecule has 7 heteroatoms. The van der Waals surface area contributed by atoms with Crippen LogP contribution in [0.1, 0.15) is 88.1 Å². The molecule has 1 saturated heterocycles. The second-order valence-corrected chi connectivity index (χ2v) is 11.1. The number of benzene rings is 1. The summed E-state index contributed by atoms with van der Waals surface area (Å²) in [6, 6.07) is 4.14. The first kappa shape index (κ1) is 29.7. The Kier molecular flexibility index (Phi) is 10.3. The lowest BCUT2D eigenvalue weighted by atomic mass is 9.57. The van der Waals surface area contributed by atoms with Gasteiger partial charge in [-0.3, -0.25) is 0 Å². The topological polar surface area (TPSA) is 67.4 Å². The third-order valence-electron chi connectivity index (χ3n) is 6.37. The van der Waals surface area contributed by atoms with Crippen molar-refractivity contribution in [3.63, 3.8) is 0 Å². The molecule has 0 aromatic heterocycles. The zero-order chi connectivity index (χ0) is 26.4. The molecule has 1 heterocycles. The first-order chi connectivity index (χ1) is 16.3. The zero-order valence-electron chi connectivity index (χ0n) is 23.9. The van der Waals surface area contributed by atoms with E-state index in [1.54, 1.807) is 0 Å². The van der Waals surface area contributed by atoms with Crippen LogP contribution < -0.4 is 19.5 Å². The van der Waals surface area contributed by atoms with Gasteiger partial charge in [0.15, 0.2) is 30.4 Å². The lowest BCUT2D eigenvalue weighted by Gasteiger charge is -2.60. The van der Waals surface area contributed by atoms with Crippen LogP contribution in [0.3, 0.4) is 0 Å². The zero-order valence-corrected chi connectivity index (χ0v) is 23.9. The Morgan fingerprint density at radius 2 is 1.23 bits per heavy atom. The minimum atomic E-state index is -0.484. The Hall–Kier alpha value is -1.54. The fraction of sp³-hybridized carbons (Fsp3) is 0.786. The molecule has 0 saturated carbocycles. The molecule has 0 bridgehead atoms. The summed E-state index contributed by atoms with van der Waals surface area (Å²) in [5, 5.41) is 3.77. The van der Waals surface area contributed by atoms with Crippen LogP contribution in [-0.2, 0) is 19.7 Å². The van der Waals surface area contributed by atoms with Crippen LogP contribution in [0, 0.1) is 10.8 Å². The number of nitrogens with one attached hydrogen (secondary N) is 1. The predicted octanol–water partition coefficient (Wildman–Crippen LogP) is 6.23. The first-order valence-corrected chi connectivity index (χ1v) is 13.1. The molecule has 1 N–H and O–H groups in total. The second-order valence-electron chi connectivity index (χ2n) is 11.1. The van der Waals surface area contributed by atoms with Crippen molar-refractivity contribution in [2.75, 3.05) is 26.4 Å². The predicted molar refractivity (Wildman–Crippen MR) is 139 cm³/mol. The molecule has 1 aromatic carbocycles. The van der Waals surface area contributed by atoms with Crippen LogP contribution in [-0.4, -0.2) is 45.2 Å². The summed E-state index contributed by atoms with van der Waals surface area (Å²) >= 11 is 0. The minimum absolute atomic E-state index is 0.0346. The smallest absolute Gasteiger partial charge is 0.206 e. The van der Waals surface area contributed by atoms with Crippen molar-refractivity contribution in [1.29, 1.82) is 0 Å². The summed E-state index contributed by atoms with van der Waals surface area (Å²) in [5.74, 6) is 1.61. The maximum absolute atomic E-state index is 6.30. The van der Waals surface area contributed by atoms with Crippen LogP contribution in [0.15, 0.2) is 12.1 Å². The first-order valence-electron chi connectivity index (χ1n) is 13.1. The van der Waals surface area contributed by atoms with Crippen molar-refractivity contribution in [2.45, 2.75) is 107 Å². The molecule has 1 aromatic rings. The highest BCUT2D eigenvalue weighted by Crippen LogP contribution is 2.55. The molecule has 1 aliphatic rings. The van der Waals surface area contributed by atoms with Crippen molar-refractivity contribution in [2.24, 2.45) is 10.8 Å². The summed E-state index contributed by atoms with van der Waals surface area (Å²) < 4.78 is 35.9. The molecule has 4 atom stereocenters. The SMILES string of the molecule is CCOC(C)Oc1cc(C2(CC(C)(C)C)NCC2(C)C)cc(OC(C)OCC)c1OC(C)OCC. The maximum atomic E-state index is 6.30. The molecular weight excluding hydrogens is 446 g/mol. The van der Waals surface area contributed by atoms with E-state index in [0.29, 0.717) is 37.1 Å². The normalized spacial score (nSPS) is 22.1. The van der Waals surface area contributed by atoms with Crippen LogP contribution in [0.5, 0.6) is 17.2 Å². The van der Waals surface area contributed by atoms with Gasteiger partial charge in [0.2, 0.25) is 5.75 Å². The number of ether oxygens (including phenoxy) is 6. The van der Waals surface area contributed by atoms with E-state index in [-0.39, 0.29) is 16.4 Å². The van der Waals surface area contributed by atoms with Gasteiger partial charge in [-0.2, -0.15) is 0 Å². The van der Waals surface area contributed by atoms with Gasteiger partial charge in [-0.1, -0.05) is 34.6 Å². The van der Waals surface area contributed by atoms with Crippen molar-refractivity contribution in [1.82, 2.24) is 5.32 Å². The van der Waals surface area contributed by atoms with Gasteiger partial charge in [-0.05, 0) is 76.5 Å². The minimum Gasteiger partial charge on any atom is -0.461 e. The van der Waals surface area contributed by atoms with Gasteiger partial charge in [-0.25, -0.2) is 0 Å². The summed E-state index contributed by atoms with van der Waals surface area (Å²) in [4.78, 5) is 0. The molecule has 0 amide bonds. The van der Waals surface area contributed by atoms with Crippen molar-refractivity contribution < 1.29 is 28.4 Å². The molecule has 2 rings (SSSR count). The average Bonchev–Trinajstić information content (AvgIpc) is 2.73. The van der Waals surface area contributed by atoms with Gasteiger partial charge >= 0.3 is 0 Å². The summed E-state index contributed by atoms with van der Waals surface area (Å²) in [7, 11) is 0. The van der Waals surface area contributed by atoms with E-state index in [1.165, 1.54) is 0 Å². The number of hydrogen-bond donors (Lipinski definition) is 1. The fourth-order valence-corrected chi connectivity index (χ4v) is 4.79. The standard InChI is InChI=1S/C28H49NO6/c1-12-30-19(4)33-23-15-22(28(17-26(7,8)9)27(10,11)18-29-28)16-24(34-20(5)31-13-2)25(23)35-21(6)32-14-3/h15-16,19-21,29H,12-14,17-18H2,1-11H3. The third kappa shape index (κ3) is 7.48. The van der Waals surface area contributed by atoms with Gasteiger partial charge in [0.25, 0.3) is 0 Å². The molecule has 1 aliphatic heterocycles. The molecule has 202 valence electrons. The van der Waals surface area contributed by atoms with E-state index in [1.807, 2.05) is 41.5 Å². The van der Waals surface area contributed by atoms with E-state index in [9.17, 15) is 0 Å². The largest absolute Gasteiger partial charge is 0.461 e. The van der Waals surface area contributed by atoms with Crippen molar-refractivity contribution in [3.8, 4) is 17.2 Å². The van der Waals surface area contributed by atoms with E-state index in [4.69, 9.17) is 28.4 Å². The van der Waals surface area contributed by atoms with Gasteiger partial charge in [-0.15, -0.1) is 0 Å². The van der Waals surface area contributed by atoms with E-state index in [0.717, 1.165) is 18.5 Å². The van der Waals surface area contributed by atoms with Gasteiger partial charge in [0.05, 0.1) is 5.54 Å². The number of rotatable bonds is 14. The maximum Gasteiger partial charge on any atom is 0.206 e. The molecule has 7 nitrogen and oxygen atoms in total. The Labute approximate surface area is 213 Å². The third-order valence-corrected chi connectivity index (χ3v) is 6.37. The molecule has 0 spiro atoms. The van der Waals surface area contributed by atoms with E-state index >= 15 is 0 Å². The Morgan fingerprint density at radius 3 is 1.54 bits per heavy atom. The molecule has 4 unspecified atom stereocenters. The van der Waals surface area contributed by atoms with Crippen LogP contribution in [0.2, 0.25) is 0 Å². The van der Waals surface area contributed by atoms with Crippen LogP contribution in [0.25, 0.3) is 0 Å². The van der Waals surface area contributed by atoms with Crippen molar-refractivity contribution in [3.05, 3.63) is 17.7 Å². The molecule has 0 aliphatic carbocycles. The molecule has 0 radical (unpaired) electrons. The summed E-state index contributed by atoms with van der Waals surface area (Å²) in [5.41, 5.74) is 0.975. The Balaban J connectivity index is 2.70. The van der Waals surface area contributed by atoms with Crippen molar-refractivity contribution >= 4 is 0 Å². The van der Waals surface area contributed by atoms with Gasteiger partial charge in [0, 0.05) is 26.4 Å².